The number of nitrogens with one attached hydrogen (secondary N) is 1. The molecule has 31 heavy (non-hydrogen) atoms. The van der Waals surface area contributed by atoms with Crippen LogP contribution in [0.1, 0.15) is 16.2 Å². The number of anilines is 2. The van der Waals surface area contributed by atoms with Crippen LogP contribution >= 0.6 is 22.7 Å². The average molecular weight is 456 g/mol. The molecule has 1 aromatic carbocycles. The molecule has 2 amide bonds. The van der Waals surface area contributed by atoms with Crippen LogP contribution < -0.4 is 19.7 Å². The van der Waals surface area contributed by atoms with E-state index < -0.39 is 5.92 Å². The van der Waals surface area contributed by atoms with Crippen molar-refractivity contribution in [1.29, 1.82) is 0 Å². The number of amides is 2. The monoisotopic (exact) mass is 455 g/mol. The van der Waals surface area contributed by atoms with Gasteiger partial charge in [-0.15, -0.1) is 22.7 Å². The molecule has 0 bridgehead atoms. The van der Waals surface area contributed by atoms with Crippen LogP contribution in [-0.2, 0) is 9.59 Å². The molecule has 1 atom stereocenters. The van der Waals surface area contributed by atoms with Crippen molar-refractivity contribution in [3.63, 3.8) is 0 Å². The van der Waals surface area contributed by atoms with Crippen LogP contribution in [0.4, 0.5) is 10.8 Å². The fraction of sp³-hybridized carbons (Fsp3) is 0.318. The van der Waals surface area contributed by atoms with E-state index in [1.807, 2.05) is 11.4 Å². The fourth-order valence-electron chi connectivity index (χ4n) is 3.88. The van der Waals surface area contributed by atoms with E-state index in [4.69, 9.17) is 9.47 Å². The van der Waals surface area contributed by atoms with E-state index in [9.17, 15) is 9.59 Å². The molecule has 1 saturated heterocycles. The summed E-state index contributed by atoms with van der Waals surface area (Å²) in [6, 6.07) is 7.53. The topological polar surface area (TPSA) is 80.8 Å². The number of nitrogens with zero attached hydrogens (tertiary/aromatic N) is 2. The van der Waals surface area contributed by atoms with E-state index in [2.05, 4.69) is 30.2 Å². The van der Waals surface area contributed by atoms with Gasteiger partial charge < -0.3 is 19.7 Å². The summed E-state index contributed by atoms with van der Waals surface area (Å²) in [5.41, 5.74) is 2.67. The highest BCUT2D eigenvalue weighted by Crippen LogP contribution is 2.36. The molecule has 160 valence electrons. The molecule has 3 aromatic rings. The van der Waals surface area contributed by atoms with E-state index in [1.165, 1.54) is 21.1 Å². The predicted octanol–water partition coefficient (Wildman–Crippen LogP) is 4.25. The number of hydrogen-bond acceptors (Lipinski definition) is 7. The quantitative estimate of drug-likeness (QED) is 0.636. The minimum atomic E-state index is -0.432. The summed E-state index contributed by atoms with van der Waals surface area (Å²) in [5.74, 6) is 0.594. The molecular weight excluding hydrogens is 434 g/mol. The zero-order valence-electron chi connectivity index (χ0n) is 17.1. The maximum atomic E-state index is 12.8. The molecule has 2 aliphatic rings. The first-order valence-corrected chi connectivity index (χ1v) is 11.7. The lowest BCUT2D eigenvalue weighted by Crippen LogP contribution is -2.28. The van der Waals surface area contributed by atoms with Crippen LogP contribution in [0.3, 0.4) is 0 Å². The normalized spacial score (nSPS) is 17.8. The second-order valence-electron chi connectivity index (χ2n) is 7.59. The van der Waals surface area contributed by atoms with Gasteiger partial charge in [-0.05, 0) is 32.0 Å². The number of aryl methyl sites for hydroxylation is 2. The van der Waals surface area contributed by atoms with Crippen LogP contribution in [-0.4, -0.2) is 36.6 Å². The first-order chi connectivity index (χ1) is 15.0. The van der Waals surface area contributed by atoms with E-state index in [1.54, 1.807) is 28.4 Å². The zero-order chi connectivity index (χ0) is 21.5. The van der Waals surface area contributed by atoms with E-state index >= 15 is 0 Å². The largest absolute Gasteiger partial charge is 0.486 e. The first kappa shape index (κ1) is 20.0. The molecule has 5 rings (SSSR count). The molecule has 1 N–H and O–H groups in total. The molecule has 0 aliphatic carbocycles. The van der Waals surface area contributed by atoms with Crippen molar-refractivity contribution in [2.24, 2.45) is 5.92 Å². The van der Waals surface area contributed by atoms with Gasteiger partial charge in [0.2, 0.25) is 11.8 Å². The summed E-state index contributed by atoms with van der Waals surface area (Å²) in [5, 5.41) is 5.39. The lowest BCUT2D eigenvalue weighted by molar-refractivity contribution is -0.122. The number of fused-ring (bicyclic) bond motifs is 1. The SMILES string of the molecule is Cc1cc(-c2csc(NC(=O)[C@@H]3CC(=O)N(c4ccc5c(c4)OCCO5)C3)n2)c(C)s1. The maximum absolute atomic E-state index is 12.8. The number of rotatable bonds is 4. The molecule has 0 unspecified atom stereocenters. The van der Waals surface area contributed by atoms with E-state index in [0.717, 1.165) is 11.3 Å². The van der Waals surface area contributed by atoms with Crippen molar-refractivity contribution < 1.29 is 19.1 Å². The predicted molar refractivity (Wildman–Crippen MR) is 121 cm³/mol. The molecule has 2 aromatic heterocycles. The van der Waals surface area contributed by atoms with Crippen molar-refractivity contribution in [3.8, 4) is 22.8 Å². The third-order valence-electron chi connectivity index (χ3n) is 5.38. The molecule has 4 heterocycles. The number of thiophene rings is 1. The van der Waals surface area contributed by atoms with Crippen molar-refractivity contribution in [1.82, 2.24) is 4.98 Å². The van der Waals surface area contributed by atoms with Crippen LogP contribution in [0.15, 0.2) is 29.6 Å². The Bertz CT molecular complexity index is 1170. The minimum Gasteiger partial charge on any atom is -0.486 e. The number of aromatic nitrogens is 1. The fourth-order valence-corrected chi connectivity index (χ4v) is 5.53. The summed E-state index contributed by atoms with van der Waals surface area (Å²) >= 11 is 3.13. The number of hydrogen-bond donors (Lipinski definition) is 1. The summed E-state index contributed by atoms with van der Waals surface area (Å²) in [6.45, 7) is 5.46. The second kappa shape index (κ2) is 7.97. The van der Waals surface area contributed by atoms with Crippen LogP contribution in [0, 0.1) is 19.8 Å². The van der Waals surface area contributed by atoms with Gasteiger partial charge >= 0.3 is 0 Å². The number of thiazole rings is 1. The molecule has 0 spiro atoms. The number of ether oxygens (including phenoxy) is 2. The van der Waals surface area contributed by atoms with Gasteiger partial charge in [0, 0.05) is 45.4 Å². The molecule has 1 fully saturated rings. The molecule has 9 heteroatoms. The van der Waals surface area contributed by atoms with Gasteiger partial charge in [0.15, 0.2) is 16.6 Å². The lowest BCUT2D eigenvalue weighted by Gasteiger charge is -2.22. The molecule has 0 radical (unpaired) electrons. The lowest BCUT2D eigenvalue weighted by atomic mass is 10.1. The molecule has 7 nitrogen and oxygen atoms in total. The van der Waals surface area contributed by atoms with Gasteiger partial charge in [-0.3, -0.25) is 9.59 Å². The van der Waals surface area contributed by atoms with Gasteiger partial charge in [0.05, 0.1) is 11.6 Å². The average Bonchev–Trinajstić information content (AvgIpc) is 3.46. The number of carbonyl (C=O) groups excluding carboxylic acids is 2. The molecule has 2 aliphatic heterocycles. The molecular formula is C22H21N3O4S2. The Balaban J connectivity index is 1.27. The maximum Gasteiger partial charge on any atom is 0.231 e. The Morgan fingerprint density at radius 3 is 2.77 bits per heavy atom. The summed E-state index contributed by atoms with van der Waals surface area (Å²) in [6.07, 6.45) is 0.168. The summed E-state index contributed by atoms with van der Waals surface area (Å²) in [7, 11) is 0. The third kappa shape index (κ3) is 3.90. The zero-order valence-corrected chi connectivity index (χ0v) is 18.8. The third-order valence-corrected chi connectivity index (χ3v) is 7.11. The minimum absolute atomic E-state index is 0.0824. The highest BCUT2D eigenvalue weighted by molar-refractivity contribution is 7.14. The summed E-state index contributed by atoms with van der Waals surface area (Å²) < 4.78 is 11.2. The Morgan fingerprint density at radius 2 is 2.00 bits per heavy atom. The van der Waals surface area contributed by atoms with Crippen LogP contribution in [0.2, 0.25) is 0 Å². The van der Waals surface area contributed by atoms with Crippen molar-refractivity contribution in [2.45, 2.75) is 20.3 Å². The Hall–Kier alpha value is -2.91. The van der Waals surface area contributed by atoms with E-state index in [-0.39, 0.29) is 18.2 Å². The van der Waals surface area contributed by atoms with E-state index in [0.29, 0.717) is 42.1 Å². The van der Waals surface area contributed by atoms with Gasteiger partial charge in [0.1, 0.15) is 13.2 Å². The van der Waals surface area contributed by atoms with Crippen molar-refractivity contribution in [2.75, 3.05) is 30.0 Å². The Kier molecular flexibility index (Phi) is 5.15. The Labute approximate surface area is 187 Å². The standard InChI is InChI=1S/C22H21N3O4S2/c1-12-7-16(13(2)31-12)17-11-30-22(23-17)24-21(27)14-8-20(26)25(10-14)15-3-4-18-19(9-15)29-6-5-28-18/h3-4,7,9,11,14H,5-6,8,10H2,1-2H3,(H,23,24,27)/t14-/m1/s1. The number of benzene rings is 1. The van der Waals surface area contributed by atoms with Crippen LogP contribution in [0.25, 0.3) is 11.3 Å². The molecule has 0 saturated carbocycles. The first-order valence-electron chi connectivity index (χ1n) is 10.0. The van der Waals surface area contributed by atoms with Crippen molar-refractivity contribution in [3.05, 3.63) is 39.4 Å². The second-order valence-corrected chi connectivity index (χ2v) is 9.91. The van der Waals surface area contributed by atoms with Gasteiger partial charge in [-0.2, -0.15) is 0 Å². The van der Waals surface area contributed by atoms with Gasteiger partial charge in [-0.25, -0.2) is 4.98 Å². The van der Waals surface area contributed by atoms with Crippen molar-refractivity contribution >= 4 is 45.3 Å². The van der Waals surface area contributed by atoms with Gasteiger partial charge in [-0.1, -0.05) is 0 Å². The Morgan fingerprint density at radius 1 is 1.19 bits per heavy atom. The smallest absolute Gasteiger partial charge is 0.231 e. The van der Waals surface area contributed by atoms with Gasteiger partial charge in [0.25, 0.3) is 0 Å². The highest BCUT2D eigenvalue weighted by Gasteiger charge is 2.36. The highest BCUT2D eigenvalue weighted by atomic mass is 32.1. The van der Waals surface area contributed by atoms with Crippen LogP contribution in [0.5, 0.6) is 11.5 Å². The summed E-state index contributed by atoms with van der Waals surface area (Å²) in [4.78, 5) is 34.1. The number of carbonyl (C=O) groups is 2.